The molecule has 2 aromatic carbocycles. The first kappa shape index (κ1) is 18.9. The maximum Gasteiger partial charge on any atom is 0.231 e. The number of aromatic nitrogens is 3. The van der Waals surface area contributed by atoms with E-state index in [1.807, 2.05) is 66.7 Å². The molecule has 0 saturated carbocycles. The van der Waals surface area contributed by atoms with Crippen LogP contribution < -0.4 is 10.1 Å². The van der Waals surface area contributed by atoms with Crippen molar-refractivity contribution in [1.82, 2.24) is 19.9 Å². The lowest BCUT2D eigenvalue weighted by Crippen LogP contribution is -2.29. The van der Waals surface area contributed by atoms with E-state index in [1.165, 1.54) is 0 Å². The quantitative estimate of drug-likeness (QED) is 0.410. The van der Waals surface area contributed by atoms with Crippen molar-refractivity contribution in [3.05, 3.63) is 84.6 Å². The number of imidazole rings is 1. The summed E-state index contributed by atoms with van der Waals surface area (Å²) in [5.41, 5.74) is 3.23. The second-order valence-electron chi connectivity index (χ2n) is 7.09. The van der Waals surface area contributed by atoms with Crippen molar-refractivity contribution in [3.63, 3.8) is 0 Å². The molecule has 5 rings (SSSR count). The van der Waals surface area contributed by atoms with E-state index >= 15 is 0 Å². The van der Waals surface area contributed by atoms with Crippen LogP contribution in [0.1, 0.15) is 5.56 Å². The third-order valence-electron chi connectivity index (χ3n) is 4.90. The van der Waals surface area contributed by atoms with E-state index < -0.39 is 0 Å². The summed E-state index contributed by atoms with van der Waals surface area (Å²) in [4.78, 5) is 16.4. The molecule has 154 valence electrons. The van der Waals surface area contributed by atoms with Crippen molar-refractivity contribution in [2.45, 2.75) is 6.42 Å². The zero-order valence-electron chi connectivity index (χ0n) is 16.7. The van der Waals surface area contributed by atoms with Crippen molar-refractivity contribution < 1.29 is 13.9 Å². The topological polar surface area (TPSA) is 81.7 Å². The summed E-state index contributed by atoms with van der Waals surface area (Å²) in [7, 11) is 0. The minimum absolute atomic E-state index is 0.0417. The zero-order valence-corrected chi connectivity index (χ0v) is 16.7. The molecule has 1 N–H and O–H groups in total. The summed E-state index contributed by atoms with van der Waals surface area (Å²) in [6.07, 6.45) is 2.08. The highest BCUT2D eigenvalue weighted by atomic mass is 16.5. The summed E-state index contributed by atoms with van der Waals surface area (Å²) in [5.74, 6) is 1.09. The Morgan fingerprint density at radius 2 is 1.87 bits per heavy atom. The highest BCUT2D eigenvalue weighted by Crippen LogP contribution is 2.28. The molecule has 0 saturated heterocycles. The van der Waals surface area contributed by atoms with Gasteiger partial charge in [-0.2, -0.15) is 0 Å². The first-order valence-electron chi connectivity index (χ1n) is 10.0. The highest BCUT2D eigenvalue weighted by molar-refractivity contribution is 5.82. The Kier molecular flexibility index (Phi) is 5.06. The SMILES string of the molecule is O=C(Cc1ccccc1)NCCOc1ccc2ncc(-c3cc4ccccc4o3)n2n1. The predicted molar refractivity (Wildman–Crippen MR) is 117 cm³/mol. The molecule has 0 atom stereocenters. The number of rotatable bonds is 7. The van der Waals surface area contributed by atoms with Gasteiger partial charge in [0, 0.05) is 11.5 Å². The Morgan fingerprint density at radius 1 is 1.03 bits per heavy atom. The van der Waals surface area contributed by atoms with Crippen molar-refractivity contribution in [1.29, 1.82) is 0 Å². The summed E-state index contributed by atoms with van der Waals surface area (Å²) in [6, 6.07) is 23.0. The number of para-hydroxylation sites is 1. The Bertz CT molecular complexity index is 1310. The van der Waals surface area contributed by atoms with Crippen LogP contribution in [0.5, 0.6) is 5.88 Å². The molecule has 5 aromatic rings. The lowest BCUT2D eigenvalue weighted by atomic mass is 10.1. The van der Waals surface area contributed by atoms with Crippen LogP contribution in [0.2, 0.25) is 0 Å². The summed E-state index contributed by atoms with van der Waals surface area (Å²) < 4.78 is 13.4. The third-order valence-corrected chi connectivity index (χ3v) is 4.90. The van der Waals surface area contributed by atoms with E-state index in [0.717, 1.165) is 22.2 Å². The number of hydrogen-bond acceptors (Lipinski definition) is 5. The standard InChI is InChI=1S/C24H20N4O3/c29-23(14-17-6-2-1-3-7-17)25-12-13-30-24-11-10-22-26-16-19(28(22)27-24)21-15-18-8-4-5-9-20(18)31-21/h1-11,15-16H,12-14H2,(H,25,29). The first-order chi connectivity index (χ1) is 15.3. The van der Waals surface area contributed by atoms with Crippen molar-refractivity contribution in [2.75, 3.05) is 13.2 Å². The van der Waals surface area contributed by atoms with Gasteiger partial charge in [-0.3, -0.25) is 4.79 Å². The van der Waals surface area contributed by atoms with E-state index in [2.05, 4.69) is 15.4 Å². The molecule has 0 unspecified atom stereocenters. The molecule has 0 aliphatic heterocycles. The zero-order chi connectivity index (χ0) is 21.0. The van der Waals surface area contributed by atoms with Crippen LogP contribution in [-0.4, -0.2) is 33.7 Å². The Hall–Kier alpha value is -4.13. The second-order valence-corrected chi connectivity index (χ2v) is 7.09. The largest absolute Gasteiger partial charge is 0.475 e. The van der Waals surface area contributed by atoms with Gasteiger partial charge >= 0.3 is 0 Å². The monoisotopic (exact) mass is 412 g/mol. The van der Waals surface area contributed by atoms with E-state index in [9.17, 15) is 4.79 Å². The van der Waals surface area contributed by atoms with Crippen molar-refractivity contribution in [2.24, 2.45) is 0 Å². The molecule has 31 heavy (non-hydrogen) atoms. The van der Waals surface area contributed by atoms with Gasteiger partial charge in [0.25, 0.3) is 0 Å². The van der Waals surface area contributed by atoms with Crippen LogP contribution in [-0.2, 0) is 11.2 Å². The predicted octanol–water partition coefficient (Wildman–Crippen LogP) is 3.88. The molecule has 7 nitrogen and oxygen atoms in total. The van der Waals surface area contributed by atoms with E-state index in [1.54, 1.807) is 16.8 Å². The smallest absolute Gasteiger partial charge is 0.231 e. The number of nitrogens with one attached hydrogen (secondary N) is 1. The number of furan rings is 1. The average Bonchev–Trinajstić information content (AvgIpc) is 3.41. The Balaban J connectivity index is 1.24. The molecule has 0 spiro atoms. The molecule has 3 aromatic heterocycles. The van der Waals surface area contributed by atoms with Crippen LogP contribution in [0.4, 0.5) is 0 Å². The molecule has 0 aliphatic rings. The minimum atomic E-state index is -0.0417. The fourth-order valence-electron chi connectivity index (χ4n) is 3.40. The lowest BCUT2D eigenvalue weighted by molar-refractivity contribution is -0.120. The van der Waals surface area contributed by atoms with Gasteiger partial charge in [-0.1, -0.05) is 48.5 Å². The van der Waals surface area contributed by atoms with Gasteiger partial charge in [0.15, 0.2) is 11.4 Å². The third kappa shape index (κ3) is 4.11. The Labute approximate surface area is 178 Å². The van der Waals surface area contributed by atoms with Gasteiger partial charge in [0.2, 0.25) is 11.8 Å². The van der Waals surface area contributed by atoms with E-state index in [4.69, 9.17) is 9.15 Å². The molecule has 0 aliphatic carbocycles. The molecule has 1 amide bonds. The molecular formula is C24H20N4O3. The lowest BCUT2D eigenvalue weighted by Gasteiger charge is -2.08. The van der Waals surface area contributed by atoms with E-state index in [0.29, 0.717) is 36.9 Å². The number of fused-ring (bicyclic) bond motifs is 2. The number of carbonyl (C=O) groups excluding carboxylic acids is 1. The summed E-state index contributed by atoms with van der Waals surface area (Å²) >= 11 is 0. The van der Waals surface area contributed by atoms with Crippen LogP contribution >= 0.6 is 0 Å². The minimum Gasteiger partial charge on any atom is -0.475 e. The van der Waals surface area contributed by atoms with Gasteiger partial charge in [-0.15, -0.1) is 5.10 Å². The maximum absolute atomic E-state index is 12.0. The normalized spacial score (nSPS) is 11.1. The van der Waals surface area contributed by atoms with Crippen LogP contribution in [0, 0.1) is 0 Å². The maximum atomic E-state index is 12.0. The fraction of sp³-hybridized carbons (Fsp3) is 0.125. The van der Waals surface area contributed by atoms with E-state index in [-0.39, 0.29) is 5.91 Å². The van der Waals surface area contributed by atoms with Crippen molar-refractivity contribution >= 4 is 22.5 Å². The first-order valence-corrected chi connectivity index (χ1v) is 10.0. The summed E-state index contributed by atoms with van der Waals surface area (Å²) in [6.45, 7) is 0.708. The molecule has 0 fully saturated rings. The molecule has 3 heterocycles. The molecule has 7 heteroatoms. The Morgan fingerprint density at radius 3 is 2.74 bits per heavy atom. The number of ether oxygens (including phenoxy) is 1. The number of nitrogens with zero attached hydrogens (tertiary/aromatic N) is 3. The summed E-state index contributed by atoms with van der Waals surface area (Å²) in [5, 5.41) is 8.40. The average molecular weight is 412 g/mol. The van der Waals surface area contributed by atoms with Gasteiger partial charge in [-0.05, 0) is 23.8 Å². The van der Waals surface area contributed by atoms with Gasteiger partial charge in [0.1, 0.15) is 17.9 Å². The number of carbonyl (C=O) groups is 1. The molecule has 0 bridgehead atoms. The molecular weight excluding hydrogens is 392 g/mol. The number of amides is 1. The number of benzene rings is 2. The van der Waals surface area contributed by atoms with Crippen LogP contribution in [0.3, 0.4) is 0 Å². The van der Waals surface area contributed by atoms with Crippen LogP contribution in [0.15, 0.2) is 83.4 Å². The van der Waals surface area contributed by atoms with Crippen molar-refractivity contribution in [3.8, 4) is 17.3 Å². The van der Waals surface area contributed by atoms with Gasteiger partial charge in [-0.25, -0.2) is 9.50 Å². The second kappa shape index (κ2) is 8.31. The van der Waals surface area contributed by atoms with Gasteiger partial charge in [0.05, 0.1) is 19.2 Å². The number of hydrogen-bond donors (Lipinski definition) is 1. The van der Waals surface area contributed by atoms with Crippen LogP contribution in [0.25, 0.3) is 28.1 Å². The van der Waals surface area contributed by atoms with Gasteiger partial charge < -0.3 is 14.5 Å². The fourth-order valence-corrected chi connectivity index (χ4v) is 3.40. The highest BCUT2D eigenvalue weighted by Gasteiger charge is 2.13. The molecule has 0 radical (unpaired) electrons.